The van der Waals surface area contributed by atoms with E-state index >= 15 is 0 Å². The van der Waals surface area contributed by atoms with Gasteiger partial charge in [0.25, 0.3) is 6.48 Å². The number of rotatable bonds is 8. The number of ether oxygens (including phenoxy) is 2. The molecule has 9 heteroatoms. The van der Waals surface area contributed by atoms with Crippen LogP contribution in [0, 0.1) is 29.1 Å². The number of benzene rings is 2. The molecule has 0 atom stereocenters. The minimum Gasteiger partial charge on any atom is -0.373 e. The average Bonchev–Trinajstić information content (AvgIpc) is 2.62. The Morgan fingerprint density at radius 2 is 1.25 bits per heavy atom. The van der Waals surface area contributed by atoms with Gasteiger partial charge in [-0.3, -0.25) is 0 Å². The molecule has 28 heavy (non-hydrogen) atoms. The van der Waals surface area contributed by atoms with E-state index in [0.717, 1.165) is 0 Å². The van der Waals surface area contributed by atoms with Crippen LogP contribution in [0.3, 0.4) is 0 Å². The highest BCUT2D eigenvalue weighted by Gasteiger charge is 2.26. The summed E-state index contributed by atoms with van der Waals surface area (Å²) in [6.07, 6.45) is -0.310. The molecule has 0 fully saturated rings. The molecular formula is C19H21F5O3Si. The molecule has 0 aliphatic rings. The Bertz CT molecular complexity index is 790. The first kappa shape index (κ1) is 22.5. The van der Waals surface area contributed by atoms with Gasteiger partial charge in [-0.25, -0.2) is 22.0 Å². The maximum atomic E-state index is 14.0. The molecule has 0 aliphatic carbocycles. The third-order valence-electron chi connectivity index (χ3n) is 3.58. The molecule has 2 aromatic carbocycles. The fraction of sp³-hybridized carbons (Fsp3) is 0.368. The number of halogens is 5. The summed E-state index contributed by atoms with van der Waals surface area (Å²) >= 11 is 0. The molecule has 0 saturated heterocycles. The second-order valence-electron chi connectivity index (χ2n) is 6.61. The van der Waals surface area contributed by atoms with E-state index in [1.807, 2.05) is 27.7 Å². The SMILES string of the molecule is CC(C)OC(O[SiH2]c1cccc(-c2c(F)c(F)c(F)c(F)c2F)c1)OC(C)C. The third-order valence-corrected chi connectivity index (χ3v) is 4.79. The van der Waals surface area contributed by atoms with Crippen LogP contribution in [0.2, 0.25) is 0 Å². The summed E-state index contributed by atoms with van der Waals surface area (Å²) in [5.74, 6) is -9.90. The molecule has 2 rings (SSSR count). The third kappa shape index (κ3) is 5.37. The topological polar surface area (TPSA) is 27.7 Å². The summed E-state index contributed by atoms with van der Waals surface area (Å²) in [5, 5.41) is 0.575. The predicted molar refractivity (Wildman–Crippen MR) is 97.2 cm³/mol. The fourth-order valence-corrected chi connectivity index (χ4v) is 3.42. The first-order valence-electron chi connectivity index (χ1n) is 8.65. The van der Waals surface area contributed by atoms with Crippen molar-refractivity contribution in [2.45, 2.75) is 46.4 Å². The van der Waals surface area contributed by atoms with E-state index in [1.165, 1.54) is 18.2 Å². The van der Waals surface area contributed by atoms with Gasteiger partial charge in [0, 0.05) is 0 Å². The highest BCUT2D eigenvalue weighted by atomic mass is 28.2. The van der Waals surface area contributed by atoms with Crippen molar-refractivity contribution in [2.24, 2.45) is 0 Å². The average molecular weight is 420 g/mol. The lowest BCUT2D eigenvalue weighted by Crippen LogP contribution is -2.32. The van der Waals surface area contributed by atoms with Crippen molar-refractivity contribution < 1.29 is 35.9 Å². The molecule has 0 bridgehead atoms. The zero-order valence-corrected chi connectivity index (χ0v) is 17.3. The normalized spacial score (nSPS) is 12.3. The van der Waals surface area contributed by atoms with Crippen LogP contribution < -0.4 is 5.19 Å². The van der Waals surface area contributed by atoms with E-state index in [1.54, 1.807) is 6.07 Å². The van der Waals surface area contributed by atoms with Gasteiger partial charge in [-0.05, 0) is 38.4 Å². The van der Waals surface area contributed by atoms with E-state index < -0.39 is 50.9 Å². The molecule has 0 aromatic heterocycles. The maximum Gasteiger partial charge on any atom is 0.262 e. The first-order chi connectivity index (χ1) is 13.1. The van der Waals surface area contributed by atoms with Gasteiger partial charge >= 0.3 is 0 Å². The second kappa shape index (κ2) is 9.60. The first-order valence-corrected chi connectivity index (χ1v) is 9.93. The standard InChI is InChI=1S/C19H21F5O3Si/c1-9(2)25-19(26-10(3)4)27-28-12-7-5-6-11(8-12)13-14(20)16(22)18(24)17(23)15(13)21/h5-10,19H,28H2,1-4H3. The molecule has 3 nitrogen and oxygen atoms in total. The van der Waals surface area contributed by atoms with Crippen molar-refractivity contribution in [1.82, 2.24) is 0 Å². The van der Waals surface area contributed by atoms with E-state index in [-0.39, 0.29) is 17.8 Å². The molecule has 154 valence electrons. The van der Waals surface area contributed by atoms with Crippen LogP contribution in [0.5, 0.6) is 0 Å². The Balaban J connectivity index is 2.28. The molecule has 0 radical (unpaired) electrons. The minimum absolute atomic E-state index is 0.132. The Kier molecular flexibility index (Phi) is 7.70. The van der Waals surface area contributed by atoms with Gasteiger partial charge in [0.15, 0.2) is 33.0 Å². The minimum atomic E-state index is -2.19. The monoisotopic (exact) mass is 420 g/mol. The van der Waals surface area contributed by atoms with Gasteiger partial charge in [-0.15, -0.1) is 0 Å². The molecule has 0 N–H and O–H groups in total. The zero-order chi connectivity index (χ0) is 21.0. The fourth-order valence-electron chi connectivity index (χ4n) is 2.39. The van der Waals surface area contributed by atoms with Crippen LogP contribution >= 0.6 is 0 Å². The smallest absolute Gasteiger partial charge is 0.262 e. The molecular weight excluding hydrogens is 399 g/mol. The molecule has 0 unspecified atom stereocenters. The van der Waals surface area contributed by atoms with E-state index in [0.29, 0.717) is 5.19 Å². The summed E-state index contributed by atoms with van der Waals surface area (Å²) in [4.78, 5) is 0. The van der Waals surface area contributed by atoms with Gasteiger partial charge in [0.05, 0.1) is 17.8 Å². The van der Waals surface area contributed by atoms with E-state index in [4.69, 9.17) is 13.9 Å². The van der Waals surface area contributed by atoms with Crippen molar-refractivity contribution in [1.29, 1.82) is 0 Å². The molecule has 0 amide bonds. The lowest BCUT2D eigenvalue weighted by Gasteiger charge is -2.23. The highest BCUT2D eigenvalue weighted by Crippen LogP contribution is 2.30. The summed E-state index contributed by atoms with van der Waals surface area (Å²) in [5.41, 5.74) is -1.10. The number of hydrogen-bond acceptors (Lipinski definition) is 3. The van der Waals surface area contributed by atoms with Crippen LogP contribution in [0.1, 0.15) is 27.7 Å². The Labute approximate surface area is 162 Å². The summed E-state index contributed by atoms with van der Waals surface area (Å²) in [6, 6.07) is 5.71. The summed E-state index contributed by atoms with van der Waals surface area (Å²) < 4.78 is 85.0. The highest BCUT2D eigenvalue weighted by molar-refractivity contribution is 6.47. The van der Waals surface area contributed by atoms with E-state index in [9.17, 15) is 22.0 Å². The molecule has 0 saturated carbocycles. The van der Waals surface area contributed by atoms with Crippen LogP contribution in [0.4, 0.5) is 22.0 Å². The Morgan fingerprint density at radius 1 is 0.750 bits per heavy atom. The van der Waals surface area contributed by atoms with Crippen LogP contribution in [0.15, 0.2) is 24.3 Å². The lowest BCUT2D eigenvalue weighted by molar-refractivity contribution is -0.274. The largest absolute Gasteiger partial charge is 0.373 e. The van der Waals surface area contributed by atoms with Crippen molar-refractivity contribution in [3.05, 3.63) is 53.4 Å². The second-order valence-corrected chi connectivity index (χ2v) is 8.05. The predicted octanol–water partition coefficient (Wildman–Crippen LogP) is 3.91. The van der Waals surface area contributed by atoms with Gasteiger partial charge in [-0.2, -0.15) is 0 Å². The van der Waals surface area contributed by atoms with Crippen LogP contribution in [0.25, 0.3) is 11.1 Å². The zero-order valence-electron chi connectivity index (χ0n) is 15.9. The number of hydrogen-bond donors (Lipinski definition) is 0. The van der Waals surface area contributed by atoms with Gasteiger partial charge in [0.2, 0.25) is 5.82 Å². The van der Waals surface area contributed by atoms with Crippen LogP contribution in [-0.2, 0) is 13.9 Å². The Morgan fingerprint density at radius 3 is 1.75 bits per heavy atom. The van der Waals surface area contributed by atoms with Crippen molar-refractivity contribution in [3.63, 3.8) is 0 Å². The summed E-state index contributed by atoms with van der Waals surface area (Å²) in [7, 11) is -1.48. The van der Waals surface area contributed by atoms with Gasteiger partial charge < -0.3 is 13.9 Å². The maximum absolute atomic E-state index is 14.0. The van der Waals surface area contributed by atoms with Crippen LogP contribution in [-0.4, -0.2) is 28.4 Å². The quantitative estimate of drug-likeness (QED) is 0.213. The summed E-state index contributed by atoms with van der Waals surface area (Å²) in [6.45, 7) is 6.33. The Hall–Kier alpha value is -1.81. The van der Waals surface area contributed by atoms with Gasteiger partial charge in [-0.1, -0.05) is 24.3 Å². The lowest BCUT2D eigenvalue weighted by atomic mass is 10.0. The molecule has 2 aromatic rings. The van der Waals surface area contributed by atoms with Crippen molar-refractivity contribution in [3.8, 4) is 11.1 Å². The van der Waals surface area contributed by atoms with E-state index in [2.05, 4.69) is 0 Å². The van der Waals surface area contributed by atoms with Crippen molar-refractivity contribution in [2.75, 3.05) is 0 Å². The van der Waals surface area contributed by atoms with Gasteiger partial charge in [0.1, 0.15) is 0 Å². The molecule has 0 heterocycles. The molecule has 0 spiro atoms. The molecule has 0 aliphatic heterocycles. The van der Waals surface area contributed by atoms with Crippen molar-refractivity contribution >= 4 is 14.9 Å².